The lowest BCUT2D eigenvalue weighted by Crippen LogP contribution is -2.49. The summed E-state index contributed by atoms with van der Waals surface area (Å²) in [5.41, 5.74) is 6.75. The fourth-order valence-corrected chi connectivity index (χ4v) is 7.89. The second-order valence-corrected chi connectivity index (χ2v) is 10.1. The molecule has 140 valence electrons. The fraction of sp³-hybridized carbons (Fsp3) is 1.00. The highest BCUT2D eigenvalue weighted by atomic mass is 14.6. The molecular weight excluding hydrogens is 290 g/mol. The lowest BCUT2D eigenvalue weighted by atomic mass is 9.49. The molecule has 0 spiro atoms. The summed E-state index contributed by atoms with van der Waals surface area (Å²) in [6.07, 6.45) is 14.7. The van der Waals surface area contributed by atoms with E-state index in [0.717, 1.165) is 48.0 Å². The summed E-state index contributed by atoms with van der Waals surface area (Å²) in [6, 6.07) is 0. The number of rotatable bonds is 6. The minimum Gasteiger partial charge on any atom is -0.330 e. The van der Waals surface area contributed by atoms with E-state index in [1.54, 1.807) is 0 Å². The summed E-state index contributed by atoms with van der Waals surface area (Å²) in [6.45, 7) is 10.8. The van der Waals surface area contributed by atoms with E-state index in [2.05, 4.69) is 27.7 Å². The molecule has 1 heteroatoms. The number of fused-ring (bicyclic) bond motifs is 3. The SMILES string of the molecule is CCCC1CCC2C(CCC3(CC(C)C)C(C)CCC23)C1CCN. The van der Waals surface area contributed by atoms with Crippen molar-refractivity contribution in [1.82, 2.24) is 0 Å². The minimum absolute atomic E-state index is 0.695. The Bertz CT molecular complexity index is 403. The molecule has 0 aromatic rings. The Balaban J connectivity index is 1.82. The van der Waals surface area contributed by atoms with E-state index in [4.69, 9.17) is 5.73 Å². The zero-order valence-corrected chi connectivity index (χ0v) is 16.9. The predicted octanol–water partition coefficient (Wildman–Crippen LogP) is 6.27. The summed E-state index contributed by atoms with van der Waals surface area (Å²) in [5, 5.41) is 0. The minimum atomic E-state index is 0.695. The van der Waals surface area contributed by atoms with Gasteiger partial charge in [0.05, 0.1) is 0 Å². The first-order chi connectivity index (χ1) is 11.5. The molecule has 0 amide bonds. The highest BCUT2D eigenvalue weighted by molar-refractivity contribution is 5.06. The molecule has 1 nitrogen and oxygen atoms in total. The van der Waals surface area contributed by atoms with Crippen molar-refractivity contribution >= 4 is 0 Å². The Labute approximate surface area is 151 Å². The second kappa shape index (κ2) is 7.68. The maximum absolute atomic E-state index is 6.06. The highest BCUT2D eigenvalue weighted by Gasteiger charge is 2.57. The average molecular weight is 334 g/mol. The Hall–Kier alpha value is -0.0400. The van der Waals surface area contributed by atoms with Crippen molar-refractivity contribution in [2.24, 2.45) is 52.6 Å². The zero-order chi connectivity index (χ0) is 17.3. The second-order valence-electron chi connectivity index (χ2n) is 10.1. The van der Waals surface area contributed by atoms with Crippen molar-refractivity contribution in [2.75, 3.05) is 6.54 Å². The van der Waals surface area contributed by atoms with E-state index in [9.17, 15) is 0 Å². The predicted molar refractivity (Wildman–Crippen MR) is 105 cm³/mol. The van der Waals surface area contributed by atoms with Crippen LogP contribution in [0.5, 0.6) is 0 Å². The Morgan fingerprint density at radius 3 is 2.46 bits per heavy atom. The molecule has 0 saturated heterocycles. The van der Waals surface area contributed by atoms with Crippen molar-refractivity contribution in [3.8, 4) is 0 Å². The van der Waals surface area contributed by atoms with Crippen LogP contribution < -0.4 is 5.73 Å². The van der Waals surface area contributed by atoms with E-state index >= 15 is 0 Å². The van der Waals surface area contributed by atoms with Gasteiger partial charge in [0.25, 0.3) is 0 Å². The Kier molecular flexibility index (Phi) is 6.00. The number of hydrogen-bond acceptors (Lipinski definition) is 1. The van der Waals surface area contributed by atoms with Gasteiger partial charge in [0.2, 0.25) is 0 Å². The van der Waals surface area contributed by atoms with Crippen LogP contribution in [-0.2, 0) is 0 Å². The van der Waals surface area contributed by atoms with Crippen LogP contribution in [0.4, 0.5) is 0 Å². The maximum atomic E-state index is 6.06. The molecule has 7 atom stereocenters. The van der Waals surface area contributed by atoms with Gasteiger partial charge in [-0.05, 0) is 105 Å². The van der Waals surface area contributed by atoms with Crippen LogP contribution >= 0.6 is 0 Å². The van der Waals surface area contributed by atoms with Crippen molar-refractivity contribution < 1.29 is 0 Å². The maximum Gasteiger partial charge on any atom is -0.00744 e. The quantitative estimate of drug-likeness (QED) is 0.609. The molecule has 3 aliphatic carbocycles. The van der Waals surface area contributed by atoms with Gasteiger partial charge in [-0.2, -0.15) is 0 Å². The third-order valence-electron chi connectivity index (χ3n) is 8.61. The smallest absolute Gasteiger partial charge is 0.00744 e. The first kappa shape index (κ1) is 18.7. The molecule has 0 bridgehead atoms. The van der Waals surface area contributed by atoms with Crippen LogP contribution in [0, 0.1) is 46.8 Å². The third-order valence-corrected chi connectivity index (χ3v) is 8.61. The van der Waals surface area contributed by atoms with Crippen molar-refractivity contribution in [2.45, 2.75) is 91.9 Å². The van der Waals surface area contributed by atoms with E-state index in [1.807, 2.05) is 0 Å². The molecule has 0 heterocycles. The summed E-state index contributed by atoms with van der Waals surface area (Å²) < 4.78 is 0. The van der Waals surface area contributed by atoms with Gasteiger partial charge in [0.1, 0.15) is 0 Å². The summed E-state index contributed by atoms with van der Waals surface area (Å²) in [4.78, 5) is 0. The van der Waals surface area contributed by atoms with Crippen molar-refractivity contribution in [3.05, 3.63) is 0 Å². The molecule has 0 aromatic carbocycles. The first-order valence-corrected chi connectivity index (χ1v) is 11.2. The zero-order valence-electron chi connectivity index (χ0n) is 16.9. The molecular formula is C23H43N. The van der Waals surface area contributed by atoms with Gasteiger partial charge in [-0.1, -0.05) is 40.5 Å². The molecule has 7 unspecified atom stereocenters. The molecule has 24 heavy (non-hydrogen) atoms. The number of hydrogen-bond donors (Lipinski definition) is 1. The summed E-state index contributed by atoms with van der Waals surface area (Å²) >= 11 is 0. The lowest BCUT2D eigenvalue weighted by molar-refractivity contribution is -0.0695. The Morgan fingerprint density at radius 1 is 1.00 bits per heavy atom. The van der Waals surface area contributed by atoms with Gasteiger partial charge < -0.3 is 5.73 Å². The van der Waals surface area contributed by atoms with Crippen LogP contribution in [0.3, 0.4) is 0 Å². The van der Waals surface area contributed by atoms with E-state index in [-0.39, 0.29) is 0 Å². The van der Waals surface area contributed by atoms with E-state index < -0.39 is 0 Å². The molecule has 3 aliphatic rings. The molecule has 0 aromatic heterocycles. The molecule has 3 fully saturated rings. The van der Waals surface area contributed by atoms with Gasteiger partial charge in [0, 0.05) is 0 Å². The van der Waals surface area contributed by atoms with Crippen molar-refractivity contribution in [3.63, 3.8) is 0 Å². The number of nitrogens with two attached hydrogens (primary N) is 1. The van der Waals surface area contributed by atoms with Crippen LogP contribution in [0.1, 0.15) is 91.9 Å². The Morgan fingerprint density at radius 2 is 1.79 bits per heavy atom. The van der Waals surface area contributed by atoms with Crippen LogP contribution in [0.2, 0.25) is 0 Å². The first-order valence-electron chi connectivity index (χ1n) is 11.2. The average Bonchev–Trinajstić information content (AvgIpc) is 2.86. The fourth-order valence-electron chi connectivity index (χ4n) is 7.89. The van der Waals surface area contributed by atoms with Gasteiger partial charge in [-0.15, -0.1) is 0 Å². The standard InChI is InChI=1S/C23H43N/c1-5-6-18-8-9-21-20(19(18)12-14-24)11-13-23(15-16(2)3)17(4)7-10-22(21)23/h16-22H,5-15,24H2,1-4H3. The third kappa shape index (κ3) is 3.19. The normalized spacial score (nSPS) is 45.2. The van der Waals surface area contributed by atoms with E-state index in [1.165, 1.54) is 64.2 Å². The topological polar surface area (TPSA) is 26.0 Å². The molecule has 2 N–H and O–H groups in total. The molecule has 3 saturated carbocycles. The van der Waals surface area contributed by atoms with Crippen molar-refractivity contribution in [1.29, 1.82) is 0 Å². The van der Waals surface area contributed by atoms with Gasteiger partial charge in [0.15, 0.2) is 0 Å². The van der Waals surface area contributed by atoms with Crippen LogP contribution in [0.15, 0.2) is 0 Å². The molecule has 0 radical (unpaired) electrons. The van der Waals surface area contributed by atoms with Gasteiger partial charge in [-0.25, -0.2) is 0 Å². The van der Waals surface area contributed by atoms with Crippen LogP contribution in [-0.4, -0.2) is 6.54 Å². The summed E-state index contributed by atoms with van der Waals surface area (Å²) in [5.74, 6) is 6.84. The van der Waals surface area contributed by atoms with E-state index in [0.29, 0.717) is 5.41 Å². The summed E-state index contributed by atoms with van der Waals surface area (Å²) in [7, 11) is 0. The van der Waals surface area contributed by atoms with Crippen LogP contribution in [0.25, 0.3) is 0 Å². The van der Waals surface area contributed by atoms with Gasteiger partial charge >= 0.3 is 0 Å². The molecule has 3 rings (SSSR count). The molecule has 0 aliphatic heterocycles. The lowest BCUT2D eigenvalue weighted by Gasteiger charge is -2.56. The highest BCUT2D eigenvalue weighted by Crippen LogP contribution is 2.65. The largest absolute Gasteiger partial charge is 0.330 e. The van der Waals surface area contributed by atoms with Gasteiger partial charge in [-0.3, -0.25) is 0 Å². The monoisotopic (exact) mass is 333 g/mol.